The van der Waals surface area contributed by atoms with Crippen LogP contribution < -0.4 is 5.32 Å². The molecule has 0 radical (unpaired) electrons. The molecule has 1 spiro atoms. The van der Waals surface area contributed by atoms with E-state index >= 15 is 0 Å². The van der Waals surface area contributed by atoms with Crippen molar-refractivity contribution in [3.63, 3.8) is 0 Å². The topological polar surface area (TPSA) is 53.8 Å². The fourth-order valence-electron chi connectivity index (χ4n) is 6.08. The third-order valence-electron chi connectivity index (χ3n) is 7.28. The van der Waals surface area contributed by atoms with Crippen molar-refractivity contribution in [2.75, 3.05) is 0 Å². The number of carbonyl (C=O) groups excluding carboxylic acids is 1. The molecule has 2 aliphatic carbocycles. The van der Waals surface area contributed by atoms with Crippen LogP contribution in [0.5, 0.6) is 0 Å². The van der Waals surface area contributed by atoms with Gasteiger partial charge in [-0.25, -0.2) is 0 Å². The van der Waals surface area contributed by atoms with Crippen molar-refractivity contribution in [3.05, 3.63) is 58.4 Å². The molecule has 4 aliphatic rings. The third-order valence-corrected chi connectivity index (χ3v) is 7.28. The van der Waals surface area contributed by atoms with E-state index in [2.05, 4.69) is 53.7 Å². The number of rotatable bonds is 2. The average Bonchev–Trinajstić information content (AvgIpc) is 3.29. The summed E-state index contributed by atoms with van der Waals surface area (Å²) in [5.74, 6) is 0.334. The summed E-state index contributed by atoms with van der Waals surface area (Å²) in [4.78, 5) is 13.6. The number of fused-ring (bicyclic) bond motifs is 1. The first kappa shape index (κ1) is 16.9. The molecule has 27 heavy (non-hydrogen) atoms. The van der Waals surface area contributed by atoms with E-state index in [1.807, 2.05) is 6.20 Å². The Morgan fingerprint density at radius 3 is 2.78 bits per heavy atom. The van der Waals surface area contributed by atoms with Crippen LogP contribution in [0.2, 0.25) is 0 Å². The highest BCUT2D eigenvalue weighted by Crippen LogP contribution is 2.57. The van der Waals surface area contributed by atoms with Crippen LogP contribution in [0.4, 0.5) is 0 Å². The zero-order chi connectivity index (χ0) is 18.6. The van der Waals surface area contributed by atoms with Crippen LogP contribution in [0.1, 0.15) is 63.0 Å². The van der Waals surface area contributed by atoms with E-state index in [4.69, 9.17) is 0 Å². The Kier molecular flexibility index (Phi) is 3.68. The molecule has 1 unspecified atom stereocenters. The molecule has 2 aliphatic heterocycles. The largest absolute Gasteiger partial charge is 0.362 e. The first-order valence-corrected chi connectivity index (χ1v) is 10.3. The van der Waals surface area contributed by atoms with E-state index in [0.29, 0.717) is 12.2 Å². The molecule has 5 rings (SSSR count). The summed E-state index contributed by atoms with van der Waals surface area (Å²) >= 11 is 0. The van der Waals surface area contributed by atoms with Crippen LogP contribution in [0, 0.1) is 12.3 Å². The number of ketones is 1. The fourth-order valence-corrected chi connectivity index (χ4v) is 6.08. The van der Waals surface area contributed by atoms with Gasteiger partial charge in [-0.2, -0.15) is 10.2 Å². The minimum atomic E-state index is -0.405. The monoisotopic (exact) mass is 361 g/mol. The number of hydrogen-bond acceptors (Lipinski definition) is 4. The maximum atomic E-state index is 13.6. The number of nitrogens with zero attached hydrogens (tertiary/aromatic N) is 2. The molecule has 1 fully saturated rings. The number of azo groups is 1. The lowest BCUT2D eigenvalue weighted by Gasteiger charge is -2.48. The minimum Gasteiger partial charge on any atom is -0.362 e. The molecular weight excluding hydrogens is 334 g/mol. The Bertz CT molecular complexity index is 904. The lowest BCUT2D eigenvalue weighted by atomic mass is 9.58. The van der Waals surface area contributed by atoms with Gasteiger partial charge in [0.1, 0.15) is 0 Å². The number of carbonyl (C=O) groups is 1. The second kappa shape index (κ2) is 5.88. The number of Topliss-reactive ketones (excluding diaryl/α,β-unsaturated/α-hetero) is 1. The molecule has 1 aromatic rings. The Hall–Kier alpha value is -2.23. The van der Waals surface area contributed by atoms with Gasteiger partial charge >= 0.3 is 0 Å². The Morgan fingerprint density at radius 2 is 2.04 bits per heavy atom. The van der Waals surface area contributed by atoms with Crippen molar-refractivity contribution >= 4 is 5.78 Å². The van der Waals surface area contributed by atoms with Crippen molar-refractivity contribution in [3.8, 4) is 0 Å². The highest BCUT2D eigenvalue weighted by atomic mass is 16.1. The summed E-state index contributed by atoms with van der Waals surface area (Å²) in [6.07, 6.45) is 9.15. The zero-order valence-electron chi connectivity index (χ0n) is 16.2. The van der Waals surface area contributed by atoms with Crippen molar-refractivity contribution in [1.29, 1.82) is 0 Å². The smallest absolute Gasteiger partial charge is 0.164 e. The van der Waals surface area contributed by atoms with Gasteiger partial charge in [0, 0.05) is 23.3 Å². The molecule has 1 N–H and O–H groups in total. The van der Waals surface area contributed by atoms with Crippen LogP contribution in [-0.2, 0) is 10.2 Å². The van der Waals surface area contributed by atoms with Crippen LogP contribution in [-0.4, -0.2) is 11.9 Å². The SMILES string of the molecule is CC[C@]1(c2cccc(C)c2)C2=CN=NC2NC2=C1C(=O)CC1(CCCC1)C2. The molecule has 0 amide bonds. The highest BCUT2D eigenvalue weighted by molar-refractivity contribution is 6.01. The molecule has 2 atom stereocenters. The van der Waals surface area contributed by atoms with E-state index in [0.717, 1.165) is 29.7 Å². The van der Waals surface area contributed by atoms with Gasteiger partial charge in [-0.1, -0.05) is 49.6 Å². The van der Waals surface area contributed by atoms with Crippen molar-refractivity contribution in [2.45, 2.75) is 70.4 Å². The standard InChI is InChI=1S/C23H27N3O/c1-3-23(16-8-6-7-15(2)11-16)17-14-24-26-21(17)25-18-12-22(9-4-5-10-22)13-19(27)20(18)23/h6-8,11,14,21,25H,3-5,9-10,12-13H2,1-2H3/t21?,23-/m0/s1. The Labute approximate surface area is 160 Å². The number of allylic oxidation sites excluding steroid dienone is 2. The molecule has 0 bridgehead atoms. The second-order valence-electron chi connectivity index (χ2n) is 8.83. The van der Waals surface area contributed by atoms with E-state index < -0.39 is 5.41 Å². The zero-order valence-corrected chi connectivity index (χ0v) is 16.2. The molecule has 0 saturated heterocycles. The number of aryl methyl sites for hydroxylation is 1. The molecular formula is C23H27N3O. The van der Waals surface area contributed by atoms with Gasteiger partial charge in [-0.15, -0.1) is 0 Å². The fraction of sp³-hybridized carbons (Fsp3) is 0.522. The maximum absolute atomic E-state index is 13.6. The predicted molar refractivity (Wildman–Crippen MR) is 105 cm³/mol. The normalized spacial score (nSPS) is 31.0. The van der Waals surface area contributed by atoms with Gasteiger partial charge in [0.2, 0.25) is 0 Å². The first-order chi connectivity index (χ1) is 13.1. The van der Waals surface area contributed by atoms with Gasteiger partial charge < -0.3 is 5.32 Å². The Balaban J connectivity index is 1.73. The molecule has 1 saturated carbocycles. The van der Waals surface area contributed by atoms with Crippen molar-refractivity contribution in [2.24, 2.45) is 15.6 Å². The molecule has 0 aromatic heterocycles. The van der Waals surface area contributed by atoms with E-state index in [-0.39, 0.29) is 11.6 Å². The van der Waals surface area contributed by atoms with Crippen molar-refractivity contribution in [1.82, 2.24) is 5.32 Å². The minimum absolute atomic E-state index is 0.131. The summed E-state index contributed by atoms with van der Waals surface area (Å²) in [5.41, 5.74) is 5.45. The number of hydrogen-bond donors (Lipinski definition) is 1. The Morgan fingerprint density at radius 1 is 1.22 bits per heavy atom. The third kappa shape index (κ3) is 2.31. The molecule has 2 heterocycles. The van der Waals surface area contributed by atoms with Gasteiger partial charge in [0.05, 0.1) is 11.6 Å². The maximum Gasteiger partial charge on any atom is 0.164 e. The van der Waals surface area contributed by atoms with Gasteiger partial charge in [-0.3, -0.25) is 4.79 Å². The van der Waals surface area contributed by atoms with E-state index in [1.54, 1.807) is 0 Å². The lowest BCUT2D eigenvalue weighted by Crippen LogP contribution is -2.51. The lowest BCUT2D eigenvalue weighted by molar-refractivity contribution is -0.119. The molecule has 140 valence electrons. The van der Waals surface area contributed by atoms with E-state index in [9.17, 15) is 4.79 Å². The predicted octanol–water partition coefficient (Wildman–Crippen LogP) is 5.10. The molecule has 1 aromatic carbocycles. The van der Waals surface area contributed by atoms with E-state index in [1.165, 1.54) is 36.8 Å². The van der Waals surface area contributed by atoms with Gasteiger partial charge in [-0.05, 0) is 43.6 Å². The highest BCUT2D eigenvalue weighted by Gasteiger charge is 2.54. The van der Waals surface area contributed by atoms with Gasteiger partial charge in [0.25, 0.3) is 0 Å². The summed E-state index contributed by atoms with van der Waals surface area (Å²) < 4.78 is 0. The van der Waals surface area contributed by atoms with Gasteiger partial charge in [0.15, 0.2) is 11.9 Å². The van der Waals surface area contributed by atoms with Crippen LogP contribution in [0.3, 0.4) is 0 Å². The summed E-state index contributed by atoms with van der Waals surface area (Å²) in [7, 11) is 0. The van der Waals surface area contributed by atoms with Crippen LogP contribution >= 0.6 is 0 Å². The molecule has 4 heteroatoms. The molecule has 4 nitrogen and oxygen atoms in total. The number of nitrogens with one attached hydrogen (secondary N) is 1. The second-order valence-corrected chi connectivity index (χ2v) is 8.83. The summed E-state index contributed by atoms with van der Waals surface area (Å²) in [6, 6.07) is 8.64. The van der Waals surface area contributed by atoms with Crippen LogP contribution in [0.25, 0.3) is 0 Å². The van der Waals surface area contributed by atoms with Crippen LogP contribution in [0.15, 0.2) is 57.5 Å². The summed E-state index contributed by atoms with van der Waals surface area (Å²) in [5, 5.41) is 12.3. The first-order valence-electron chi connectivity index (χ1n) is 10.3. The quantitative estimate of drug-likeness (QED) is 0.797. The number of benzene rings is 1. The average molecular weight is 361 g/mol. The van der Waals surface area contributed by atoms with Crippen molar-refractivity contribution < 1.29 is 4.79 Å². The summed E-state index contributed by atoms with van der Waals surface area (Å²) in [6.45, 7) is 4.32.